The van der Waals surface area contributed by atoms with Crippen LogP contribution in [0.2, 0.25) is 0 Å². The summed E-state index contributed by atoms with van der Waals surface area (Å²) in [6, 6.07) is 0. The van der Waals surface area contributed by atoms with E-state index in [4.69, 9.17) is 15.2 Å². The average Bonchev–Trinajstić information content (AvgIpc) is 1.91. The topological polar surface area (TPSA) is 73.9 Å². The zero-order valence-electron chi connectivity index (χ0n) is 5.75. The van der Waals surface area contributed by atoms with Crippen molar-refractivity contribution >= 4 is 11.7 Å². The van der Waals surface area contributed by atoms with Gasteiger partial charge in [0.1, 0.15) is 0 Å². The lowest BCUT2D eigenvalue weighted by molar-refractivity contribution is -0.183. The minimum Gasteiger partial charge on any atom is -0.382 e. The van der Waals surface area contributed by atoms with E-state index in [2.05, 4.69) is 4.99 Å². The molecule has 0 fully saturated rings. The molecule has 0 aromatic heterocycles. The van der Waals surface area contributed by atoms with E-state index >= 15 is 0 Å². The third-order valence-electron chi connectivity index (χ3n) is 1.42. The van der Waals surface area contributed by atoms with Crippen molar-refractivity contribution in [2.75, 3.05) is 14.2 Å². The number of ether oxygens (including phenoxy) is 2. The lowest BCUT2D eigenvalue weighted by atomic mass is 10.1. The number of hydrogen-bond acceptors (Lipinski definition) is 4. The van der Waals surface area contributed by atoms with Crippen LogP contribution in [-0.4, -0.2) is 31.7 Å². The van der Waals surface area contributed by atoms with Gasteiger partial charge in [-0.3, -0.25) is 4.79 Å². The van der Waals surface area contributed by atoms with Crippen LogP contribution in [0.4, 0.5) is 0 Å². The monoisotopic (exact) mass is 144 g/mol. The summed E-state index contributed by atoms with van der Waals surface area (Å²) in [5, 5.41) is 0. The molecule has 5 nitrogen and oxygen atoms in total. The minimum absolute atomic E-state index is 0.0718. The Balaban J connectivity index is 2.88. The van der Waals surface area contributed by atoms with Crippen LogP contribution >= 0.6 is 0 Å². The second-order valence-corrected chi connectivity index (χ2v) is 1.83. The second-order valence-electron chi connectivity index (χ2n) is 1.83. The molecule has 0 radical (unpaired) electrons. The highest BCUT2D eigenvalue weighted by atomic mass is 16.7. The lowest BCUT2D eigenvalue weighted by Gasteiger charge is -2.32. The minimum atomic E-state index is -1.39. The van der Waals surface area contributed by atoms with Crippen molar-refractivity contribution in [1.82, 2.24) is 0 Å². The van der Waals surface area contributed by atoms with Crippen LogP contribution in [0.15, 0.2) is 4.99 Å². The first-order chi connectivity index (χ1) is 4.67. The maximum Gasteiger partial charge on any atom is 0.316 e. The quantitative estimate of drug-likeness (QED) is 0.498. The van der Waals surface area contributed by atoms with Gasteiger partial charge in [0.05, 0.1) is 0 Å². The highest BCUT2D eigenvalue weighted by molar-refractivity contribution is 6.21. The summed E-state index contributed by atoms with van der Waals surface area (Å²) in [6.07, 6.45) is 0. The van der Waals surface area contributed by atoms with Crippen molar-refractivity contribution < 1.29 is 14.3 Å². The fraction of sp³-hybridized carbons (Fsp3) is 0.600. The van der Waals surface area contributed by atoms with Crippen molar-refractivity contribution in [3.05, 3.63) is 0 Å². The summed E-state index contributed by atoms with van der Waals surface area (Å²) in [7, 11) is 2.67. The lowest BCUT2D eigenvalue weighted by Crippen LogP contribution is -2.60. The molecule has 0 aliphatic carbocycles. The molecular formula is C5H8N2O3. The zero-order chi connectivity index (χ0) is 7.78. The Morgan fingerprint density at radius 1 is 1.50 bits per heavy atom. The van der Waals surface area contributed by atoms with Gasteiger partial charge in [-0.15, -0.1) is 0 Å². The maximum absolute atomic E-state index is 10.7. The number of carbonyl (C=O) groups excluding carboxylic acids is 1. The Morgan fingerprint density at radius 2 is 2.00 bits per heavy atom. The molecule has 0 aromatic carbocycles. The average molecular weight is 144 g/mol. The summed E-state index contributed by atoms with van der Waals surface area (Å²) < 4.78 is 9.44. The van der Waals surface area contributed by atoms with Gasteiger partial charge in [0, 0.05) is 14.2 Å². The molecule has 1 rings (SSSR count). The number of hydrogen-bond donors (Lipinski definition) is 1. The molecule has 1 aliphatic heterocycles. The Labute approximate surface area is 57.8 Å². The number of methoxy groups -OCH3 is 2. The van der Waals surface area contributed by atoms with Gasteiger partial charge < -0.3 is 15.2 Å². The molecule has 0 aromatic rings. The third-order valence-corrected chi connectivity index (χ3v) is 1.42. The predicted octanol–water partition coefficient (Wildman–Crippen LogP) is -1.13. The van der Waals surface area contributed by atoms with Crippen molar-refractivity contribution in [3.63, 3.8) is 0 Å². The fourth-order valence-corrected chi connectivity index (χ4v) is 0.780. The van der Waals surface area contributed by atoms with Crippen LogP contribution in [0, 0.1) is 0 Å². The maximum atomic E-state index is 10.7. The first-order valence-corrected chi connectivity index (χ1v) is 2.66. The normalized spacial score (nSPS) is 21.8. The van der Waals surface area contributed by atoms with E-state index in [1.165, 1.54) is 14.2 Å². The van der Waals surface area contributed by atoms with Gasteiger partial charge >= 0.3 is 11.7 Å². The fourth-order valence-electron chi connectivity index (χ4n) is 0.780. The van der Waals surface area contributed by atoms with E-state index in [1.54, 1.807) is 0 Å². The van der Waals surface area contributed by atoms with Gasteiger partial charge in [-0.2, -0.15) is 4.99 Å². The van der Waals surface area contributed by atoms with Gasteiger partial charge in [0.2, 0.25) is 0 Å². The first kappa shape index (κ1) is 7.17. The van der Waals surface area contributed by atoms with Gasteiger partial charge in [0.25, 0.3) is 0 Å². The van der Waals surface area contributed by atoms with E-state index < -0.39 is 11.7 Å². The molecule has 2 N–H and O–H groups in total. The number of carbonyl (C=O) groups is 1. The SMILES string of the molecule is COC1(OC)C(=O)N=C1N. The summed E-state index contributed by atoms with van der Waals surface area (Å²) >= 11 is 0. The molecule has 5 heteroatoms. The highest BCUT2D eigenvalue weighted by Gasteiger charge is 2.51. The number of rotatable bonds is 2. The molecule has 0 bridgehead atoms. The molecule has 0 unspecified atom stereocenters. The molecule has 0 atom stereocenters. The Bertz CT molecular complexity index is 195. The van der Waals surface area contributed by atoms with E-state index in [0.29, 0.717) is 0 Å². The molecule has 10 heavy (non-hydrogen) atoms. The number of amidine groups is 1. The van der Waals surface area contributed by atoms with Gasteiger partial charge in [-0.25, -0.2) is 0 Å². The molecule has 0 saturated carbocycles. The van der Waals surface area contributed by atoms with E-state index in [9.17, 15) is 4.79 Å². The molecule has 56 valence electrons. The van der Waals surface area contributed by atoms with Crippen LogP contribution < -0.4 is 5.73 Å². The largest absolute Gasteiger partial charge is 0.382 e. The van der Waals surface area contributed by atoms with Crippen LogP contribution in [0.5, 0.6) is 0 Å². The van der Waals surface area contributed by atoms with E-state index in [0.717, 1.165) is 0 Å². The number of nitrogens with two attached hydrogens (primary N) is 1. The third kappa shape index (κ3) is 0.585. The molecule has 1 heterocycles. The number of nitrogens with zero attached hydrogens (tertiary/aromatic N) is 1. The molecule has 1 amide bonds. The Morgan fingerprint density at radius 3 is 2.10 bits per heavy atom. The molecule has 1 aliphatic rings. The highest BCUT2D eigenvalue weighted by Crippen LogP contribution is 2.21. The smallest absolute Gasteiger partial charge is 0.316 e. The van der Waals surface area contributed by atoms with Gasteiger partial charge in [-0.05, 0) is 0 Å². The molecule has 0 saturated heterocycles. The van der Waals surface area contributed by atoms with E-state index in [1.807, 2.05) is 0 Å². The number of amides is 1. The summed E-state index contributed by atoms with van der Waals surface area (Å²) in [6.45, 7) is 0. The first-order valence-electron chi connectivity index (χ1n) is 2.66. The van der Waals surface area contributed by atoms with Gasteiger partial charge in [0.15, 0.2) is 5.84 Å². The van der Waals surface area contributed by atoms with Crippen molar-refractivity contribution in [2.45, 2.75) is 5.79 Å². The molecule has 0 spiro atoms. The van der Waals surface area contributed by atoms with Crippen molar-refractivity contribution in [2.24, 2.45) is 10.7 Å². The zero-order valence-corrected chi connectivity index (χ0v) is 5.75. The molecular weight excluding hydrogens is 136 g/mol. The van der Waals surface area contributed by atoms with Gasteiger partial charge in [-0.1, -0.05) is 0 Å². The van der Waals surface area contributed by atoms with E-state index in [-0.39, 0.29) is 5.84 Å². The van der Waals surface area contributed by atoms with Crippen LogP contribution in [0.25, 0.3) is 0 Å². The Hall–Kier alpha value is -0.940. The summed E-state index contributed by atoms with van der Waals surface area (Å²) in [4.78, 5) is 14.0. The summed E-state index contributed by atoms with van der Waals surface area (Å²) in [5.41, 5.74) is 5.25. The second kappa shape index (κ2) is 2.03. The van der Waals surface area contributed by atoms with Crippen LogP contribution in [-0.2, 0) is 14.3 Å². The van der Waals surface area contributed by atoms with Crippen molar-refractivity contribution in [1.29, 1.82) is 0 Å². The van der Waals surface area contributed by atoms with Crippen molar-refractivity contribution in [3.8, 4) is 0 Å². The Kier molecular flexibility index (Phi) is 1.46. The number of aliphatic imine (C=N–C) groups is 1. The summed E-state index contributed by atoms with van der Waals surface area (Å²) in [5.74, 6) is -1.81. The van der Waals surface area contributed by atoms with Crippen LogP contribution in [0.1, 0.15) is 0 Å². The standard InChI is InChI=1S/C5H8N2O3/c1-9-5(10-2)3(6)7-4(5)8/h1-2H3,(H2,6,7,8). The van der Waals surface area contributed by atoms with Crippen LogP contribution in [0.3, 0.4) is 0 Å². The predicted molar refractivity (Wildman–Crippen MR) is 33.4 cm³/mol.